The van der Waals surface area contributed by atoms with Crippen LogP contribution in [0.3, 0.4) is 0 Å². The summed E-state index contributed by atoms with van der Waals surface area (Å²) in [5.74, 6) is -0.855. The van der Waals surface area contributed by atoms with Gasteiger partial charge in [0.25, 0.3) is 0 Å². The van der Waals surface area contributed by atoms with Crippen molar-refractivity contribution < 1.29 is 19.8 Å². The lowest BCUT2D eigenvalue weighted by Gasteiger charge is -2.31. The fourth-order valence-electron chi connectivity index (χ4n) is 4.27. The van der Waals surface area contributed by atoms with Gasteiger partial charge in [-0.25, -0.2) is 0 Å². The van der Waals surface area contributed by atoms with Gasteiger partial charge < -0.3 is 25.0 Å². The summed E-state index contributed by atoms with van der Waals surface area (Å²) in [6.45, 7) is 10.8. The van der Waals surface area contributed by atoms with Crippen LogP contribution in [0.1, 0.15) is 48.0 Å². The molecule has 0 saturated carbocycles. The molecule has 3 N–H and O–H groups in total. The number of terminal acetylenes is 1. The Morgan fingerprint density at radius 1 is 1.11 bits per heavy atom. The van der Waals surface area contributed by atoms with Gasteiger partial charge >= 0.3 is 5.97 Å². The molecule has 0 saturated heterocycles. The second kappa shape index (κ2) is 13.6. The van der Waals surface area contributed by atoms with E-state index in [0.29, 0.717) is 5.69 Å². The lowest BCUT2D eigenvalue weighted by molar-refractivity contribution is -0.136. The lowest BCUT2D eigenvalue weighted by atomic mass is 9.88. The highest BCUT2D eigenvalue weighted by Gasteiger charge is 2.28. The topological polar surface area (TPSA) is 94.8 Å². The Hall–Kier alpha value is -3.60. The number of nitrogens with one attached hydrogen (secondary N) is 1. The second-order valence-corrected chi connectivity index (χ2v) is 9.96. The van der Waals surface area contributed by atoms with Crippen LogP contribution in [0.4, 0.5) is 5.69 Å². The van der Waals surface area contributed by atoms with Gasteiger partial charge in [-0.3, -0.25) is 9.59 Å². The summed E-state index contributed by atoms with van der Waals surface area (Å²) in [7, 11) is 5.77. The molecule has 7 heteroatoms. The number of carbonyl (C=O) groups is 2. The average molecular weight is 508 g/mol. The van der Waals surface area contributed by atoms with Gasteiger partial charge in [-0.2, -0.15) is 0 Å². The number of aldehydes is 1. The number of rotatable bonds is 4. The molecule has 0 unspecified atom stereocenters. The summed E-state index contributed by atoms with van der Waals surface area (Å²) < 4.78 is 2.06. The van der Waals surface area contributed by atoms with Gasteiger partial charge in [-0.05, 0) is 77.0 Å². The Balaban J connectivity index is 0.000000594. The zero-order valence-corrected chi connectivity index (χ0v) is 23.3. The smallest absolute Gasteiger partial charge is 0.307 e. The molecule has 0 fully saturated rings. The molecule has 0 bridgehead atoms. The Morgan fingerprint density at radius 3 is 2.08 bits per heavy atom. The van der Waals surface area contributed by atoms with Crippen LogP contribution in [0.2, 0.25) is 0 Å². The summed E-state index contributed by atoms with van der Waals surface area (Å²) in [6, 6.07) is 10.0. The summed E-state index contributed by atoms with van der Waals surface area (Å²) in [6.07, 6.45) is 8.84. The van der Waals surface area contributed by atoms with Crippen molar-refractivity contribution in [3.05, 3.63) is 52.7 Å². The molecule has 0 radical (unpaired) electrons. The highest BCUT2D eigenvalue weighted by molar-refractivity contribution is 6.08. The first-order chi connectivity index (χ1) is 17.3. The zero-order valence-electron chi connectivity index (χ0n) is 23.3. The van der Waals surface area contributed by atoms with Gasteiger partial charge in [-0.1, -0.05) is 29.8 Å². The Morgan fingerprint density at radius 2 is 1.62 bits per heavy atom. The number of hydrogen-bond donors (Lipinski definition) is 3. The number of hydrogen-bond acceptors (Lipinski definition) is 5. The molecule has 0 aliphatic carbocycles. The number of carboxylic acids is 1. The van der Waals surface area contributed by atoms with E-state index < -0.39 is 11.6 Å². The van der Waals surface area contributed by atoms with Crippen molar-refractivity contribution in [2.45, 2.75) is 53.2 Å². The molecule has 37 heavy (non-hydrogen) atoms. The molecule has 1 aromatic heterocycles. The number of aliphatic hydroxyl groups is 1. The maximum Gasteiger partial charge on any atom is 0.307 e. The minimum Gasteiger partial charge on any atom is -0.481 e. The number of carbonyl (C=O) groups excluding carboxylic acids is 1. The molecule has 1 aliphatic rings. The molecule has 200 valence electrons. The molecule has 1 aliphatic heterocycles. The second-order valence-electron chi connectivity index (χ2n) is 9.96. The fourth-order valence-corrected chi connectivity index (χ4v) is 4.27. The van der Waals surface area contributed by atoms with E-state index in [1.54, 1.807) is 20.8 Å². The van der Waals surface area contributed by atoms with Crippen LogP contribution in [0.15, 0.2) is 30.3 Å². The van der Waals surface area contributed by atoms with Crippen molar-refractivity contribution >= 4 is 28.8 Å². The monoisotopic (exact) mass is 507 g/mol. The maximum atomic E-state index is 11.7. The summed E-state index contributed by atoms with van der Waals surface area (Å²) in [5, 5.41) is 21.8. The van der Waals surface area contributed by atoms with E-state index in [1.807, 2.05) is 65.3 Å². The van der Waals surface area contributed by atoms with Crippen LogP contribution in [-0.4, -0.2) is 60.3 Å². The zero-order chi connectivity index (χ0) is 28.5. The first-order valence-corrected chi connectivity index (χ1v) is 12.1. The van der Waals surface area contributed by atoms with Gasteiger partial charge in [0.1, 0.15) is 0 Å². The Kier molecular flexibility index (Phi) is 11.6. The predicted molar refractivity (Wildman–Crippen MR) is 154 cm³/mol. The number of aryl methyl sites for hydroxylation is 1. The van der Waals surface area contributed by atoms with Crippen molar-refractivity contribution in [3.63, 3.8) is 0 Å². The molecule has 7 nitrogen and oxygen atoms in total. The van der Waals surface area contributed by atoms with Crippen LogP contribution in [0.25, 0.3) is 22.0 Å². The van der Waals surface area contributed by atoms with Gasteiger partial charge in [0.15, 0.2) is 6.29 Å². The SMILES string of the molecule is C#C.CC(C)(C)O.CNC.Cc1ccc(-c2c(CC(=O)O)c(C)c3c4c2cc(C=O)n4CCN3C)cc1. The molecule has 4 rings (SSSR count). The fraction of sp³-hybridized carbons (Fsp3) is 0.400. The quantitative estimate of drug-likeness (QED) is 0.351. The highest BCUT2D eigenvalue weighted by Crippen LogP contribution is 2.44. The van der Waals surface area contributed by atoms with E-state index in [0.717, 1.165) is 63.8 Å². The van der Waals surface area contributed by atoms with E-state index >= 15 is 0 Å². The third-order valence-electron chi connectivity index (χ3n) is 5.56. The minimum atomic E-state index is -0.855. The van der Waals surface area contributed by atoms with Gasteiger partial charge in [-0.15, -0.1) is 12.8 Å². The predicted octanol–water partition coefficient (Wildman–Crippen LogP) is 4.68. The van der Waals surface area contributed by atoms with E-state index in [4.69, 9.17) is 5.11 Å². The van der Waals surface area contributed by atoms with E-state index in [9.17, 15) is 14.7 Å². The maximum absolute atomic E-state index is 11.7. The molecular formula is C30H41N3O4. The summed E-state index contributed by atoms with van der Waals surface area (Å²) in [5.41, 5.74) is 7.02. The van der Waals surface area contributed by atoms with Crippen molar-refractivity contribution in [3.8, 4) is 24.0 Å². The molecule has 2 heterocycles. The number of nitrogens with zero attached hydrogens (tertiary/aromatic N) is 2. The first kappa shape index (κ1) is 31.4. The molecule has 2 aromatic carbocycles. The first-order valence-electron chi connectivity index (χ1n) is 12.1. The van der Waals surface area contributed by atoms with Crippen molar-refractivity contribution in [1.29, 1.82) is 0 Å². The number of aliphatic carboxylic acids is 1. The average Bonchev–Trinajstić information content (AvgIpc) is 3.18. The van der Waals surface area contributed by atoms with Gasteiger partial charge in [0, 0.05) is 25.5 Å². The van der Waals surface area contributed by atoms with Crippen molar-refractivity contribution in [2.75, 3.05) is 32.6 Å². The third-order valence-corrected chi connectivity index (χ3v) is 5.56. The van der Waals surface area contributed by atoms with Crippen molar-refractivity contribution in [1.82, 2.24) is 9.88 Å². The Bertz CT molecular complexity index is 1230. The van der Waals surface area contributed by atoms with E-state index in [-0.39, 0.29) is 6.42 Å². The minimum absolute atomic E-state index is 0.0482. The molecule has 0 amide bonds. The standard InChI is InChI=1S/C22H22N2O3.C4H10O.C2H7N.C2H2/c1-13-4-6-15(7-5-13)20-17(11-19(26)27)14(2)21-22-18(20)10-16(12-25)24(22)9-8-23(21)3;1-4(2,3)5;1-3-2;1-2/h4-7,10,12H,8-9,11H2,1-3H3,(H,26,27);5H,1-3H3;3H,1-2H3;1-2H. The van der Waals surface area contributed by atoms with E-state index in [2.05, 4.69) is 27.6 Å². The molecule has 3 aromatic rings. The molecule has 0 atom stereocenters. The highest BCUT2D eigenvalue weighted by atomic mass is 16.4. The Labute approximate surface area is 221 Å². The van der Waals surface area contributed by atoms with Crippen LogP contribution >= 0.6 is 0 Å². The molecule has 0 spiro atoms. The summed E-state index contributed by atoms with van der Waals surface area (Å²) >= 11 is 0. The van der Waals surface area contributed by atoms with Gasteiger partial charge in [0.2, 0.25) is 0 Å². The number of anilines is 1. The number of likely N-dealkylation sites (N-methyl/N-ethyl adjacent to an activating group) is 1. The van der Waals surface area contributed by atoms with Crippen molar-refractivity contribution in [2.24, 2.45) is 0 Å². The van der Waals surface area contributed by atoms with E-state index in [1.165, 1.54) is 0 Å². The third kappa shape index (κ3) is 7.94. The summed E-state index contributed by atoms with van der Waals surface area (Å²) in [4.78, 5) is 25.5. The van der Waals surface area contributed by atoms with Crippen LogP contribution in [0.5, 0.6) is 0 Å². The van der Waals surface area contributed by atoms with Gasteiger partial charge in [0.05, 0.1) is 28.9 Å². The number of aromatic nitrogens is 1. The number of benzene rings is 2. The van der Waals surface area contributed by atoms with Crippen LogP contribution < -0.4 is 10.2 Å². The molecular weight excluding hydrogens is 466 g/mol. The van der Waals surface area contributed by atoms with Crippen LogP contribution in [0, 0.1) is 26.7 Å². The lowest BCUT2D eigenvalue weighted by Crippen LogP contribution is -2.29. The normalized spacial score (nSPS) is 11.8. The number of carboxylic acid groups (broad SMARTS) is 1. The van der Waals surface area contributed by atoms with Crippen LogP contribution in [-0.2, 0) is 17.8 Å². The largest absolute Gasteiger partial charge is 0.481 e.